The van der Waals surface area contributed by atoms with Crippen LogP contribution in [0.25, 0.3) is 0 Å². The summed E-state index contributed by atoms with van der Waals surface area (Å²) in [6.45, 7) is 3.54. The van der Waals surface area contributed by atoms with E-state index >= 15 is 0 Å². The molecular formula is C9H8ClN3O2. The molecule has 0 bridgehead atoms. The average Bonchev–Trinajstić information content (AvgIpc) is 2.41. The summed E-state index contributed by atoms with van der Waals surface area (Å²) in [4.78, 5) is 18.7. The molecule has 0 amide bonds. The van der Waals surface area contributed by atoms with Crippen molar-refractivity contribution in [2.24, 2.45) is 9.98 Å². The van der Waals surface area contributed by atoms with E-state index in [0.29, 0.717) is 10.4 Å². The van der Waals surface area contributed by atoms with Gasteiger partial charge in [0.2, 0.25) is 0 Å². The maximum Gasteiger partial charge on any atom is 0.296 e. The number of halogens is 1. The smallest absolute Gasteiger partial charge is 0.258 e. The van der Waals surface area contributed by atoms with E-state index in [9.17, 15) is 10.1 Å². The summed E-state index contributed by atoms with van der Waals surface area (Å²) in [5.74, 6) is 0. The number of nitro benzene ring substituents is 1. The third-order valence-electron chi connectivity index (χ3n) is 2.05. The molecule has 1 aromatic rings. The van der Waals surface area contributed by atoms with Crippen molar-refractivity contribution < 1.29 is 4.92 Å². The van der Waals surface area contributed by atoms with Crippen LogP contribution in [0, 0.1) is 10.1 Å². The molecule has 78 valence electrons. The molecule has 0 spiro atoms. The van der Waals surface area contributed by atoms with Crippen molar-refractivity contribution in [3.63, 3.8) is 0 Å². The fourth-order valence-corrected chi connectivity index (χ4v) is 1.68. The van der Waals surface area contributed by atoms with Gasteiger partial charge < -0.3 is 0 Å². The molecule has 0 N–H and O–H groups in total. The van der Waals surface area contributed by atoms with Gasteiger partial charge in [-0.05, 0) is 19.9 Å². The van der Waals surface area contributed by atoms with Crippen molar-refractivity contribution in [2.75, 3.05) is 0 Å². The molecule has 0 aromatic heterocycles. The lowest BCUT2D eigenvalue weighted by atomic mass is 10.3. The Balaban J connectivity index is 2.89. The van der Waals surface area contributed by atoms with Gasteiger partial charge in [0.05, 0.1) is 9.95 Å². The third-order valence-corrected chi connectivity index (χ3v) is 2.35. The summed E-state index contributed by atoms with van der Waals surface area (Å²) in [6.07, 6.45) is 0. The first-order chi connectivity index (χ1) is 6.91. The number of fused-ring (bicyclic) bond motifs is 1. The molecule has 1 aromatic carbocycles. The van der Waals surface area contributed by atoms with E-state index in [1.807, 2.05) is 0 Å². The molecule has 0 saturated carbocycles. The van der Waals surface area contributed by atoms with Crippen LogP contribution < -0.4 is 10.7 Å². The summed E-state index contributed by atoms with van der Waals surface area (Å²) in [6, 6.07) is 2.82. The molecule has 1 heterocycles. The normalized spacial score (nSPS) is 16.5. The lowest BCUT2D eigenvalue weighted by molar-refractivity contribution is -0.386. The van der Waals surface area contributed by atoms with Crippen LogP contribution in [0.2, 0.25) is 5.02 Å². The summed E-state index contributed by atoms with van der Waals surface area (Å²) in [7, 11) is 0. The first-order valence-corrected chi connectivity index (χ1v) is 4.71. The standard InChI is InChI=1S/C9H8ClN3O2/c1-9(2)11-7-5(10)3-4-6(13(14)15)8(7)12-9/h3-4H,1-2H3. The molecule has 0 aliphatic carbocycles. The number of hydrogen-bond donors (Lipinski definition) is 0. The van der Waals surface area contributed by atoms with Crippen molar-refractivity contribution in [3.8, 4) is 0 Å². The summed E-state index contributed by atoms with van der Waals surface area (Å²) >= 11 is 5.90. The monoisotopic (exact) mass is 225 g/mol. The van der Waals surface area contributed by atoms with Crippen LogP contribution in [0.3, 0.4) is 0 Å². The zero-order chi connectivity index (χ0) is 11.2. The topological polar surface area (TPSA) is 67.9 Å². The molecule has 1 aliphatic heterocycles. The highest BCUT2D eigenvalue weighted by molar-refractivity contribution is 6.30. The zero-order valence-electron chi connectivity index (χ0n) is 8.19. The second-order valence-electron chi connectivity index (χ2n) is 3.74. The Morgan fingerprint density at radius 3 is 2.53 bits per heavy atom. The fourth-order valence-electron chi connectivity index (χ4n) is 1.48. The van der Waals surface area contributed by atoms with Crippen LogP contribution in [0.15, 0.2) is 22.1 Å². The van der Waals surface area contributed by atoms with Crippen molar-refractivity contribution in [1.82, 2.24) is 0 Å². The van der Waals surface area contributed by atoms with Gasteiger partial charge in [0.15, 0.2) is 5.36 Å². The van der Waals surface area contributed by atoms with Crippen molar-refractivity contribution in [1.29, 1.82) is 0 Å². The molecule has 0 radical (unpaired) electrons. The number of nitro groups is 1. The van der Waals surface area contributed by atoms with Crippen LogP contribution in [-0.2, 0) is 0 Å². The van der Waals surface area contributed by atoms with Crippen molar-refractivity contribution >= 4 is 17.3 Å². The Morgan fingerprint density at radius 2 is 1.93 bits per heavy atom. The van der Waals surface area contributed by atoms with Crippen LogP contribution >= 0.6 is 11.6 Å². The molecule has 1 aliphatic rings. The van der Waals surface area contributed by atoms with Gasteiger partial charge in [-0.1, -0.05) is 11.6 Å². The first kappa shape index (κ1) is 10.0. The summed E-state index contributed by atoms with van der Waals surface area (Å²) in [5.41, 5.74) is -0.721. The average molecular weight is 226 g/mol. The maximum atomic E-state index is 10.7. The van der Waals surface area contributed by atoms with Gasteiger partial charge in [-0.25, -0.2) is 4.99 Å². The Labute approximate surface area is 90.3 Å². The highest BCUT2D eigenvalue weighted by atomic mass is 35.5. The van der Waals surface area contributed by atoms with E-state index in [0.717, 1.165) is 0 Å². The summed E-state index contributed by atoms with van der Waals surface area (Å²) in [5, 5.41) is 11.8. The van der Waals surface area contributed by atoms with Crippen LogP contribution in [-0.4, -0.2) is 10.6 Å². The van der Waals surface area contributed by atoms with Crippen LogP contribution in [0.4, 0.5) is 5.69 Å². The predicted octanol–water partition coefficient (Wildman–Crippen LogP) is 1.24. The molecule has 0 atom stereocenters. The fraction of sp³-hybridized carbons (Fsp3) is 0.333. The highest BCUT2D eigenvalue weighted by Crippen LogP contribution is 2.16. The number of rotatable bonds is 1. The molecular weight excluding hydrogens is 218 g/mol. The molecule has 0 fully saturated rings. The number of nitrogens with zero attached hydrogens (tertiary/aromatic N) is 3. The molecule has 5 nitrogen and oxygen atoms in total. The van der Waals surface area contributed by atoms with Gasteiger partial charge in [-0.15, -0.1) is 0 Å². The van der Waals surface area contributed by atoms with Gasteiger partial charge >= 0.3 is 0 Å². The molecule has 15 heavy (non-hydrogen) atoms. The Bertz CT molecular complexity index is 565. The zero-order valence-corrected chi connectivity index (χ0v) is 8.95. The third kappa shape index (κ3) is 1.59. The van der Waals surface area contributed by atoms with Crippen molar-refractivity contribution in [2.45, 2.75) is 19.5 Å². The van der Waals surface area contributed by atoms with Gasteiger partial charge in [-0.2, -0.15) is 0 Å². The molecule has 2 rings (SSSR count). The van der Waals surface area contributed by atoms with Gasteiger partial charge in [0, 0.05) is 6.07 Å². The van der Waals surface area contributed by atoms with Crippen LogP contribution in [0.1, 0.15) is 13.8 Å². The second kappa shape index (κ2) is 3.00. The summed E-state index contributed by atoms with van der Waals surface area (Å²) < 4.78 is 0. The molecule has 6 heteroatoms. The van der Waals surface area contributed by atoms with Gasteiger partial charge in [0.1, 0.15) is 11.0 Å². The quantitative estimate of drug-likeness (QED) is 0.533. The minimum atomic E-state index is -0.669. The maximum absolute atomic E-state index is 10.7. The van der Waals surface area contributed by atoms with E-state index in [1.54, 1.807) is 13.8 Å². The molecule has 0 unspecified atom stereocenters. The Kier molecular flexibility index (Phi) is 2.01. The SMILES string of the molecule is CC1(C)N=c2c(Cl)ccc([N+](=O)[O-])c2=N1. The highest BCUT2D eigenvalue weighted by Gasteiger charge is 2.24. The minimum Gasteiger partial charge on any atom is -0.258 e. The number of benzene rings is 1. The van der Waals surface area contributed by atoms with E-state index in [1.165, 1.54) is 12.1 Å². The lowest BCUT2D eigenvalue weighted by Crippen LogP contribution is -2.25. The number of non-ortho nitro benzene ring substituents is 1. The van der Waals surface area contributed by atoms with Crippen LogP contribution in [0.5, 0.6) is 0 Å². The first-order valence-electron chi connectivity index (χ1n) is 4.33. The minimum absolute atomic E-state index is 0.0521. The second-order valence-corrected chi connectivity index (χ2v) is 4.15. The van der Waals surface area contributed by atoms with Gasteiger partial charge in [0.25, 0.3) is 5.69 Å². The predicted molar refractivity (Wildman–Crippen MR) is 54.5 cm³/mol. The van der Waals surface area contributed by atoms with E-state index in [-0.39, 0.29) is 11.0 Å². The lowest BCUT2D eigenvalue weighted by Gasteiger charge is -2.06. The number of hydrogen-bond acceptors (Lipinski definition) is 4. The van der Waals surface area contributed by atoms with E-state index in [2.05, 4.69) is 9.98 Å². The largest absolute Gasteiger partial charge is 0.296 e. The Morgan fingerprint density at radius 1 is 1.33 bits per heavy atom. The van der Waals surface area contributed by atoms with Crippen molar-refractivity contribution in [3.05, 3.63) is 38.0 Å². The Hall–Kier alpha value is -1.49. The van der Waals surface area contributed by atoms with E-state index in [4.69, 9.17) is 11.6 Å². The van der Waals surface area contributed by atoms with E-state index < -0.39 is 10.6 Å². The van der Waals surface area contributed by atoms with Gasteiger partial charge in [-0.3, -0.25) is 15.1 Å². The molecule has 0 saturated heterocycles.